The molecule has 1 saturated heterocycles. The molecule has 0 aromatic heterocycles. The molecular weight excluding hydrogens is 462 g/mol. The fraction of sp³-hybridized carbons (Fsp3) is 0.125. The standard InChI is InChI=1S/C32H21NO4/c34-30-25-13-11-23-21-5-1-3-19-4-2-6-22(27(19)21)24-12-14-26(29(25)28(23)24)31(35)33(30)17-18-7-9-20(10-8-18)32-36-15-16-37-32/h1-14,32H,15-17H2. The van der Waals surface area contributed by atoms with Crippen molar-refractivity contribution in [1.29, 1.82) is 0 Å². The number of hydrogen-bond donors (Lipinski definition) is 0. The third-order valence-electron chi connectivity index (χ3n) is 7.81. The van der Waals surface area contributed by atoms with Crippen molar-refractivity contribution in [2.75, 3.05) is 13.2 Å². The maximum absolute atomic E-state index is 13.7. The van der Waals surface area contributed by atoms with Crippen molar-refractivity contribution < 1.29 is 19.1 Å². The molecule has 2 amide bonds. The molecule has 0 bridgehead atoms. The Balaban J connectivity index is 1.27. The maximum Gasteiger partial charge on any atom is 0.261 e. The van der Waals surface area contributed by atoms with Crippen LogP contribution in [0.3, 0.4) is 0 Å². The molecule has 8 rings (SSSR count). The highest BCUT2D eigenvalue weighted by Gasteiger charge is 2.34. The van der Waals surface area contributed by atoms with Gasteiger partial charge < -0.3 is 9.47 Å². The molecule has 0 spiro atoms. The Kier molecular flexibility index (Phi) is 4.27. The Morgan fingerprint density at radius 1 is 0.622 bits per heavy atom. The first kappa shape index (κ1) is 20.8. The number of hydrogen-bond acceptors (Lipinski definition) is 4. The van der Waals surface area contributed by atoms with Crippen molar-refractivity contribution in [3.63, 3.8) is 0 Å². The summed E-state index contributed by atoms with van der Waals surface area (Å²) in [6.45, 7) is 1.37. The summed E-state index contributed by atoms with van der Waals surface area (Å²) in [6.07, 6.45) is -0.352. The van der Waals surface area contributed by atoms with Crippen LogP contribution in [0.15, 0.2) is 84.9 Å². The van der Waals surface area contributed by atoms with Gasteiger partial charge in [0, 0.05) is 22.1 Å². The van der Waals surface area contributed by atoms with Crippen LogP contribution in [0, 0.1) is 0 Å². The van der Waals surface area contributed by atoms with E-state index in [1.807, 2.05) is 48.5 Å². The lowest BCUT2D eigenvalue weighted by molar-refractivity contribution is -0.0441. The minimum absolute atomic E-state index is 0.205. The van der Waals surface area contributed by atoms with E-state index in [1.54, 1.807) is 0 Å². The molecule has 6 aromatic carbocycles. The van der Waals surface area contributed by atoms with Gasteiger partial charge in [0.15, 0.2) is 6.29 Å². The molecular formula is C32H21NO4. The number of imide groups is 1. The van der Waals surface area contributed by atoms with Gasteiger partial charge in [-0.15, -0.1) is 0 Å². The lowest BCUT2D eigenvalue weighted by Crippen LogP contribution is -2.39. The fourth-order valence-corrected chi connectivity index (χ4v) is 6.13. The van der Waals surface area contributed by atoms with Gasteiger partial charge in [-0.2, -0.15) is 0 Å². The number of ether oxygens (including phenoxy) is 2. The molecule has 0 radical (unpaired) electrons. The van der Waals surface area contributed by atoms with Crippen LogP contribution in [0.25, 0.3) is 43.1 Å². The molecule has 5 heteroatoms. The first-order chi connectivity index (χ1) is 18.2. The van der Waals surface area contributed by atoms with E-state index in [4.69, 9.17) is 9.47 Å². The summed E-state index contributed by atoms with van der Waals surface area (Å²) >= 11 is 0. The van der Waals surface area contributed by atoms with Gasteiger partial charge in [-0.3, -0.25) is 14.5 Å². The molecule has 6 aromatic rings. The third kappa shape index (κ3) is 2.87. The van der Waals surface area contributed by atoms with Gasteiger partial charge >= 0.3 is 0 Å². The average molecular weight is 484 g/mol. The SMILES string of the molecule is O=C1c2ccc3c4cccc5cccc(c6ccc(c2c36)C(=O)N1Cc1ccc(C2OCCO2)cc1)c54. The van der Waals surface area contributed by atoms with E-state index in [2.05, 4.69) is 36.4 Å². The quantitative estimate of drug-likeness (QED) is 0.162. The van der Waals surface area contributed by atoms with Crippen LogP contribution in [0.5, 0.6) is 0 Å². The van der Waals surface area contributed by atoms with Crippen LogP contribution in [0.2, 0.25) is 0 Å². The summed E-state index contributed by atoms with van der Waals surface area (Å²) in [5, 5.41) is 8.57. The number of fused-ring (bicyclic) bond motifs is 2. The molecule has 0 atom stereocenters. The zero-order chi connectivity index (χ0) is 24.7. The first-order valence-corrected chi connectivity index (χ1v) is 12.5. The predicted molar refractivity (Wildman–Crippen MR) is 143 cm³/mol. The summed E-state index contributed by atoms with van der Waals surface area (Å²) in [5.41, 5.74) is 2.95. The number of rotatable bonds is 3. The van der Waals surface area contributed by atoms with E-state index in [0.29, 0.717) is 24.3 Å². The van der Waals surface area contributed by atoms with Crippen molar-refractivity contribution in [2.24, 2.45) is 0 Å². The first-order valence-electron chi connectivity index (χ1n) is 12.5. The molecule has 0 unspecified atom stereocenters. The number of benzene rings is 6. The van der Waals surface area contributed by atoms with Gasteiger partial charge in [0.1, 0.15) is 0 Å². The van der Waals surface area contributed by atoms with Crippen molar-refractivity contribution >= 4 is 54.9 Å². The second-order valence-corrected chi connectivity index (χ2v) is 9.79. The lowest BCUT2D eigenvalue weighted by Gasteiger charge is -2.28. The zero-order valence-corrected chi connectivity index (χ0v) is 19.9. The molecule has 5 nitrogen and oxygen atoms in total. The molecule has 0 N–H and O–H groups in total. The summed E-state index contributed by atoms with van der Waals surface area (Å²) in [5.74, 6) is -0.519. The van der Waals surface area contributed by atoms with E-state index < -0.39 is 0 Å². The largest absolute Gasteiger partial charge is 0.346 e. The van der Waals surface area contributed by atoms with Crippen molar-refractivity contribution in [3.05, 3.63) is 107 Å². The van der Waals surface area contributed by atoms with Crippen LogP contribution in [-0.4, -0.2) is 29.9 Å². The monoisotopic (exact) mass is 483 g/mol. The second-order valence-electron chi connectivity index (χ2n) is 9.79. The van der Waals surface area contributed by atoms with Gasteiger partial charge in [-0.1, -0.05) is 72.8 Å². The lowest BCUT2D eigenvalue weighted by atomic mass is 9.85. The molecule has 1 fully saturated rings. The third-order valence-corrected chi connectivity index (χ3v) is 7.81. The van der Waals surface area contributed by atoms with E-state index in [0.717, 1.165) is 43.4 Å². The van der Waals surface area contributed by atoms with Gasteiger partial charge in [0.25, 0.3) is 11.8 Å². The Morgan fingerprint density at radius 3 is 1.78 bits per heavy atom. The summed E-state index contributed by atoms with van der Waals surface area (Å²) in [7, 11) is 0. The van der Waals surface area contributed by atoms with E-state index in [9.17, 15) is 9.59 Å². The zero-order valence-electron chi connectivity index (χ0n) is 19.9. The fourth-order valence-electron chi connectivity index (χ4n) is 6.13. The number of amides is 2. The number of nitrogens with zero attached hydrogens (tertiary/aromatic N) is 1. The van der Waals surface area contributed by atoms with E-state index >= 15 is 0 Å². The maximum atomic E-state index is 13.7. The predicted octanol–water partition coefficient (Wildman–Crippen LogP) is 6.58. The Hall–Kier alpha value is -4.32. The Labute approximate surface area is 212 Å². The summed E-state index contributed by atoms with van der Waals surface area (Å²) in [4.78, 5) is 28.8. The van der Waals surface area contributed by atoms with Crippen LogP contribution in [0.1, 0.15) is 38.1 Å². The molecule has 0 saturated carbocycles. The average Bonchev–Trinajstić information content (AvgIpc) is 3.48. The van der Waals surface area contributed by atoms with Gasteiger partial charge in [0.05, 0.1) is 19.8 Å². The van der Waals surface area contributed by atoms with E-state index in [1.165, 1.54) is 15.7 Å². The normalized spacial score (nSPS) is 16.3. The summed E-state index contributed by atoms with van der Waals surface area (Å²) in [6, 6.07) is 28.2. The Morgan fingerprint density at radius 2 is 1.19 bits per heavy atom. The molecule has 37 heavy (non-hydrogen) atoms. The highest BCUT2D eigenvalue weighted by molar-refractivity contribution is 6.38. The molecule has 0 aliphatic carbocycles. The topological polar surface area (TPSA) is 55.8 Å². The van der Waals surface area contributed by atoms with Crippen molar-refractivity contribution in [1.82, 2.24) is 4.90 Å². The number of carbonyl (C=O) groups excluding carboxylic acids is 2. The van der Waals surface area contributed by atoms with Crippen LogP contribution < -0.4 is 0 Å². The van der Waals surface area contributed by atoms with Crippen LogP contribution in [-0.2, 0) is 16.0 Å². The van der Waals surface area contributed by atoms with Gasteiger partial charge in [-0.05, 0) is 55.4 Å². The minimum Gasteiger partial charge on any atom is -0.346 e. The molecule has 2 heterocycles. The second kappa shape index (κ2) is 7.59. The minimum atomic E-state index is -0.352. The highest BCUT2D eigenvalue weighted by atomic mass is 16.7. The van der Waals surface area contributed by atoms with Crippen molar-refractivity contribution in [2.45, 2.75) is 12.8 Å². The van der Waals surface area contributed by atoms with Gasteiger partial charge in [0.2, 0.25) is 0 Å². The molecule has 2 aliphatic rings. The van der Waals surface area contributed by atoms with Crippen molar-refractivity contribution in [3.8, 4) is 0 Å². The highest BCUT2D eigenvalue weighted by Crippen LogP contribution is 2.43. The van der Waals surface area contributed by atoms with Crippen LogP contribution >= 0.6 is 0 Å². The van der Waals surface area contributed by atoms with Gasteiger partial charge in [-0.25, -0.2) is 0 Å². The van der Waals surface area contributed by atoms with E-state index in [-0.39, 0.29) is 24.6 Å². The smallest absolute Gasteiger partial charge is 0.261 e. The molecule has 2 aliphatic heterocycles. The Bertz CT molecular complexity index is 1800. The van der Waals surface area contributed by atoms with Crippen LogP contribution in [0.4, 0.5) is 0 Å². The summed E-state index contributed by atoms with van der Waals surface area (Å²) < 4.78 is 11.1. The number of carbonyl (C=O) groups is 2. The molecule has 178 valence electrons.